The average molecular weight is 195 g/mol. The second-order valence-corrected chi connectivity index (χ2v) is 3.12. The number of aromatic nitrogens is 1. The minimum Gasteiger partial charge on any atom is -0.427 e. The molecule has 0 radical (unpaired) electrons. The largest absolute Gasteiger partial charge is 0.427 e. The van der Waals surface area contributed by atoms with Crippen molar-refractivity contribution < 1.29 is 10.0 Å². The molecule has 0 aliphatic rings. The zero-order valence-corrected chi connectivity index (χ0v) is 8.14. The maximum absolute atomic E-state index is 11.2. The number of hydrogen-bond acceptors (Lipinski definition) is 2. The lowest BCUT2D eigenvalue weighted by Crippen LogP contribution is -2.30. The highest BCUT2D eigenvalue weighted by Crippen LogP contribution is 1.81. The maximum atomic E-state index is 11.2. The van der Waals surface area contributed by atoms with Gasteiger partial charge in [0.15, 0.2) is 5.49 Å². The van der Waals surface area contributed by atoms with Gasteiger partial charge in [-0.25, -0.2) is 4.79 Å². The molecule has 0 fully saturated rings. The van der Waals surface area contributed by atoms with Crippen LogP contribution in [0.3, 0.4) is 0 Å². The Morgan fingerprint density at radius 2 is 2.29 bits per heavy atom. The first-order chi connectivity index (χ1) is 6.59. The van der Waals surface area contributed by atoms with E-state index in [1.807, 2.05) is 13.8 Å². The number of carbonyl (C=O) groups excluding carboxylic acids is 1. The third kappa shape index (κ3) is 2.93. The van der Waals surface area contributed by atoms with E-state index >= 15 is 0 Å². The van der Waals surface area contributed by atoms with Crippen LogP contribution in [0.4, 0.5) is 4.79 Å². The summed E-state index contributed by atoms with van der Waals surface area (Å²) in [5.41, 5.74) is 0.200. The van der Waals surface area contributed by atoms with Crippen molar-refractivity contribution in [1.82, 2.24) is 10.0 Å². The third-order valence-corrected chi connectivity index (χ3v) is 1.45. The van der Waals surface area contributed by atoms with Crippen LogP contribution in [-0.2, 0) is 0 Å². The molecule has 1 aromatic rings. The molecule has 1 aromatic heterocycles. The summed E-state index contributed by atoms with van der Waals surface area (Å²) in [6.45, 7) is 3.68. The Morgan fingerprint density at radius 1 is 1.57 bits per heavy atom. The normalized spacial score (nSPS) is 11.8. The van der Waals surface area contributed by atoms with Crippen molar-refractivity contribution in [3.63, 3.8) is 0 Å². The van der Waals surface area contributed by atoms with Gasteiger partial charge < -0.3 is 10.5 Å². The molecule has 0 saturated heterocycles. The Kier molecular flexibility index (Phi) is 3.28. The zero-order valence-electron chi connectivity index (χ0n) is 8.14. The van der Waals surface area contributed by atoms with E-state index in [9.17, 15) is 10.0 Å². The van der Waals surface area contributed by atoms with Crippen LogP contribution in [0.2, 0.25) is 0 Å². The molecular formula is C9H13N3O2. The highest BCUT2D eigenvalue weighted by molar-refractivity contribution is 5.74. The van der Waals surface area contributed by atoms with Crippen LogP contribution in [0.25, 0.3) is 0 Å². The molecule has 0 unspecified atom stereocenters. The van der Waals surface area contributed by atoms with Crippen molar-refractivity contribution in [2.45, 2.75) is 19.9 Å². The van der Waals surface area contributed by atoms with Gasteiger partial charge >= 0.3 is 6.03 Å². The van der Waals surface area contributed by atoms with E-state index in [2.05, 4.69) is 10.3 Å². The van der Waals surface area contributed by atoms with E-state index < -0.39 is 6.03 Å². The van der Waals surface area contributed by atoms with Gasteiger partial charge in [0.1, 0.15) is 0 Å². The molecule has 2 amide bonds. The Morgan fingerprint density at radius 3 is 2.86 bits per heavy atom. The Hall–Kier alpha value is -1.78. The summed E-state index contributed by atoms with van der Waals surface area (Å²) in [5, 5.41) is 11.8. The fourth-order valence-electron chi connectivity index (χ4n) is 0.897. The minimum atomic E-state index is -0.464. The molecule has 1 rings (SSSR count). The summed E-state index contributed by atoms with van der Waals surface area (Å²) in [4.78, 5) is 14.8. The lowest BCUT2D eigenvalue weighted by atomic mass is 10.4. The third-order valence-electron chi connectivity index (χ3n) is 1.45. The van der Waals surface area contributed by atoms with Crippen molar-refractivity contribution in [1.29, 1.82) is 0 Å². The fraction of sp³-hybridized carbons (Fsp3) is 0.333. The van der Waals surface area contributed by atoms with E-state index in [0.29, 0.717) is 0 Å². The van der Waals surface area contributed by atoms with Crippen molar-refractivity contribution >= 4 is 6.03 Å². The van der Waals surface area contributed by atoms with Gasteiger partial charge in [-0.1, -0.05) is 6.07 Å². The van der Waals surface area contributed by atoms with Crippen LogP contribution >= 0.6 is 0 Å². The molecule has 0 atom stereocenters. The van der Waals surface area contributed by atoms with Crippen molar-refractivity contribution in [3.8, 4) is 0 Å². The number of amides is 2. The predicted octanol–water partition coefficient (Wildman–Crippen LogP) is 0.744. The number of carbonyl (C=O) groups is 1. The predicted molar refractivity (Wildman–Crippen MR) is 50.8 cm³/mol. The Bertz CT molecular complexity index is 382. The topological polar surface area (TPSA) is 66.6 Å². The van der Waals surface area contributed by atoms with Gasteiger partial charge in [-0.2, -0.15) is 9.72 Å². The molecule has 5 heteroatoms. The van der Waals surface area contributed by atoms with Gasteiger partial charge in [0, 0.05) is 12.2 Å². The number of nitrogens with zero attached hydrogens (tertiary/aromatic N) is 2. The molecule has 5 nitrogen and oxygen atoms in total. The quantitative estimate of drug-likeness (QED) is 0.649. The first kappa shape index (κ1) is 10.3. The molecule has 0 saturated carbocycles. The molecule has 0 aliphatic carbocycles. The maximum Gasteiger partial charge on any atom is 0.343 e. The van der Waals surface area contributed by atoms with E-state index in [1.54, 1.807) is 18.2 Å². The van der Waals surface area contributed by atoms with Gasteiger partial charge in [-0.3, -0.25) is 0 Å². The highest BCUT2D eigenvalue weighted by atomic mass is 16.5. The van der Waals surface area contributed by atoms with Crippen molar-refractivity contribution in [2.24, 2.45) is 4.99 Å². The van der Waals surface area contributed by atoms with Crippen LogP contribution in [0.5, 0.6) is 0 Å². The van der Waals surface area contributed by atoms with Crippen LogP contribution in [-0.4, -0.2) is 22.0 Å². The summed E-state index contributed by atoms with van der Waals surface area (Å²) in [7, 11) is 0. The Balaban J connectivity index is 2.88. The second kappa shape index (κ2) is 4.45. The molecule has 2 N–H and O–H groups in total. The lowest BCUT2D eigenvalue weighted by Gasteiger charge is -2.03. The number of nitrogens with one attached hydrogen (secondary N) is 1. The van der Waals surface area contributed by atoms with Gasteiger partial charge in [-0.05, 0) is 26.0 Å². The molecule has 0 spiro atoms. The fourth-order valence-corrected chi connectivity index (χ4v) is 0.897. The molecular weight excluding hydrogens is 182 g/mol. The molecule has 0 aliphatic heterocycles. The number of pyridine rings is 1. The lowest BCUT2D eigenvalue weighted by molar-refractivity contribution is 0.171. The molecule has 1 heterocycles. The number of urea groups is 1. The summed E-state index contributed by atoms with van der Waals surface area (Å²) in [6.07, 6.45) is 1.40. The Labute approximate surface area is 81.7 Å². The van der Waals surface area contributed by atoms with Gasteiger partial charge in [-0.15, -0.1) is 0 Å². The number of hydrogen-bond donors (Lipinski definition) is 2. The van der Waals surface area contributed by atoms with Crippen LogP contribution in [0.1, 0.15) is 13.8 Å². The standard InChI is InChI=1S/C9H13N3O2/c1-7(2)10-9(13)11-8-5-3-4-6-12(8)14/h3-7,14H,1-2H3,(H,10,13)/b11-8-. The van der Waals surface area contributed by atoms with Crippen LogP contribution < -0.4 is 10.8 Å². The van der Waals surface area contributed by atoms with E-state index in [1.165, 1.54) is 6.20 Å². The first-order valence-electron chi connectivity index (χ1n) is 4.32. The monoisotopic (exact) mass is 195 g/mol. The van der Waals surface area contributed by atoms with Crippen LogP contribution in [0.15, 0.2) is 29.4 Å². The highest BCUT2D eigenvalue weighted by Gasteiger charge is 1.99. The number of rotatable bonds is 1. The molecule has 0 aromatic carbocycles. The molecule has 76 valence electrons. The average Bonchev–Trinajstić information content (AvgIpc) is 2.07. The second-order valence-electron chi connectivity index (χ2n) is 3.12. The van der Waals surface area contributed by atoms with E-state index in [4.69, 9.17) is 0 Å². The molecule has 0 bridgehead atoms. The van der Waals surface area contributed by atoms with Crippen molar-refractivity contribution in [3.05, 3.63) is 29.9 Å². The van der Waals surface area contributed by atoms with E-state index in [-0.39, 0.29) is 11.5 Å². The van der Waals surface area contributed by atoms with Crippen LogP contribution in [0, 0.1) is 0 Å². The summed E-state index contributed by atoms with van der Waals surface area (Å²) >= 11 is 0. The van der Waals surface area contributed by atoms with Gasteiger partial charge in [0.25, 0.3) is 0 Å². The zero-order chi connectivity index (χ0) is 10.6. The summed E-state index contributed by atoms with van der Waals surface area (Å²) in [5.74, 6) is 0. The molecule has 14 heavy (non-hydrogen) atoms. The SMILES string of the molecule is CC(C)NC(=O)/N=c1/ccccn1O. The minimum absolute atomic E-state index is 0.0297. The van der Waals surface area contributed by atoms with Crippen molar-refractivity contribution in [2.75, 3.05) is 0 Å². The van der Waals surface area contributed by atoms with E-state index in [0.717, 1.165) is 4.73 Å². The summed E-state index contributed by atoms with van der Waals surface area (Å²) in [6, 6.07) is 4.43. The summed E-state index contributed by atoms with van der Waals surface area (Å²) < 4.78 is 0.792. The van der Waals surface area contributed by atoms with Gasteiger partial charge in [0.2, 0.25) is 0 Å². The van der Waals surface area contributed by atoms with Gasteiger partial charge in [0.05, 0.1) is 0 Å². The smallest absolute Gasteiger partial charge is 0.343 e. The first-order valence-corrected chi connectivity index (χ1v) is 4.32.